The number of nitrogens with zero attached hydrogens (tertiary/aromatic N) is 1. The Morgan fingerprint density at radius 3 is 1.56 bits per heavy atom. The van der Waals surface area contributed by atoms with Gasteiger partial charge in [-0.25, -0.2) is 14.4 Å². The van der Waals surface area contributed by atoms with E-state index in [9.17, 15) is 14.4 Å². The van der Waals surface area contributed by atoms with E-state index < -0.39 is 17.9 Å². The van der Waals surface area contributed by atoms with Crippen LogP contribution < -0.4 is 17.0 Å². The first-order chi connectivity index (χ1) is 14.8. The average Bonchev–Trinajstić information content (AvgIpc) is 3.06. The van der Waals surface area contributed by atoms with Gasteiger partial charge < -0.3 is 31.3 Å². The second-order valence-electron chi connectivity index (χ2n) is 8.39. The third-order valence-corrected chi connectivity index (χ3v) is 5.84. The van der Waals surface area contributed by atoms with E-state index in [0.29, 0.717) is 0 Å². The molecule has 1 heterocycles. The highest BCUT2D eigenvalue weighted by atomic mass is 79.9. The normalized spacial score (nSPS) is 12.4. The molecule has 2 rings (SSSR count). The Hall–Kier alpha value is -1.73. The zero-order valence-corrected chi connectivity index (χ0v) is 21.7. The summed E-state index contributed by atoms with van der Waals surface area (Å²) in [5.41, 5.74) is 0.0744. The summed E-state index contributed by atoms with van der Waals surface area (Å²) in [6.45, 7) is 15.0. The monoisotopic (exact) mass is 513 g/mol. The van der Waals surface area contributed by atoms with Crippen LogP contribution in [0.4, 0.5) is 0 Å². The molecular formula is C25H40BrNO5. The van der Waals surface area contributed by atoms with Crippen molar-refractivity contribution < 1.29 is 45.7 Å². The van der Waals surface area contributed by atoms with E-state index in [2.05, 4.69) is 32.4 Å². The minimum absolute atomic E-state index is 0. The number of carbonyl (C=O) groups excluding carboxylic acids is 2. The van der Waals surface area contributed by atoms with Crippen LogP contribution in [-0.2, 0) is 4.74 Å². The van der Waals surface area contributed by atoms with E-state index >= 15 is 0 Å². The number of aromatic carboxylic acids is 1. The van der Waals surface area contributed by atoms with Crippen molar-refractivity contribution in [3.8, 4) is 0 Å². The number of carbonyl (C=O) groups is 3. The van der Waals surface area contributed by atoms with Crippen LogP contribution in [0.3, 0.4) is 0 Å². The number of rotatable bonds is 13. The van der Waals surface area contributed by atoms with Crippen LogP contribution in [-0.4, -0.2) is 53.7 Å². The van der Waals surface area contributed by atoms with E-state index in [0.717, 1.165) is 6.07 Å². The van der Waals surface area contributed by atoms with E-state index in [1.807, 2.05) is 0 Å². The molecular weight excluding hydrogens is 474 g/mol. The third-order valence-electron chi connectivity index (χ3n) is 5.84. The summed E-state index contributed by atoms with van der Waals surface area (Å²) in [7, 11) is 0. The maximum absolute atomic E-state index is 11.0. The van der Waals surface area contributed by atoms with Crippen LogP contribution in [0.15, 0.2) is 18.2 Å². The Bertz CT molecular complexity index is 698. The number of cyclic esters (lactones) is 2. The Kier molecular flexibility index (Phi) is 15.1. The largest absolute Gasteiger partial charge is 1.00 e. The fraction of sp³-hybridized carbons (Fsp3) is 0.640. The molecule has 7 heteroatoms. The quantitative estimate of drug-likeness (QED) is 0.249. The molecule has 1 aromatic carbocycles. The molecule has 0 fully saturated rings. The molecule has 0 amide bonds. The fourth-order valence-electron chi connectivity index (χ4n) is 3.86. The van der Waals surface area contributed by atoms with Crippen LogP contribution in [0.25, 0.3) is 0 Å². The van der Waals surface area contributed by atoms with Crippen LogP contribution in [0.1, 0.15) is 110 Å². The average molecular weight is 515 g/mol. The second kappa shape index (κ2) is 16.0. The maximum Gasteiger partial charge on any atom is 0.346 e. The van der Waals surface area contributed by atoms with E-state index in [1.54, 1.807) is 0 Å². The molecule has 0 saturated heterocycles. The van der Waals surface area contributed by atoms with Crippen LogP contribution in [0, 0.1) is 0 Å². The van der Waals surface area contributed by atoms with Crippen molar-refractivity contribution in [2.45, 2.75) is 79.1 Å². The number of hydrogen-bond acceptors (Lipinski definition) is 4. The van der Waals surface area contributed by atoms with Crippen LogP contribution in [0.5, 0.6) is 0 Å². The van der Waals surface area contributed by atoms with Gasteiger partial charge in [-0.15, -0.1) is 0 Å². The summed E-state index contributed by atoms with van der Waals surface area (Å²) < 4.78 is 5.72. The number of benzene rings is 1. The van der Waals surface area contributed by atoms with Gasteiger partial charge in [0.15, 0.2) is 0 Å². The highest BCUT2D eigenvalue weighted by Gasteiger charge is 2.30. The van der Waals surface area contributed by atoms with Gasteiger partial charge in [0.25, 0.3) is 0 Å². The number of hydrogen-bond donors (Lipinski definition) is 1. The smallest absolute Gasteiger partial charge is 0.346 e. The molecule has 1 N–H and O–H groups in total. The van der Waals surface area contributed by atoms with E-state index in [1.165, 1.54) is 94.2 Å². The molecule has 0 atom stereocenters. The molecule has 0 saturated carbocycles. The van der Waals surface area contributed by atoms with E-state index in [4.69, 9.17) is 5.11 Å². The molecule has 1 aliphatic rings. The number of esters is 2. The SMILES string of the molecule is CCCC[N+](CCCC)(CCCC)CCCC.O=C(O)c1ccc2c(c1)C(=O)OC2=O.[Br-]. The zero-order valence-electron chi connectivity index (χ0n) is 20.1. The van der Waals surface area contributed by atoms with E-state index in [-0.39, 0.29) is 33.7 Å². The number of halogens is 1. The van der Waals surface area contributed by atoms with Gasteiger partial charge in [-0.1, -0.05) is 53.4 Å². The molecule has 6 nitrogen and oxygen atoms in total. The number of quaternary nitrogens is 1. The third kappa shape index (κ3) is 9.41. The Morgan fingerprint density at radius 2 is 1.19 bits per heavy atom. The van der Waals surface area contributed by atoms with Crippen molar-refractivity contribution in [1.82, 2.24) is 0 Å². The predicted octanol–water partition coefficient (Wildman–Crippen LogP) is 2.70. The van der Waals surface area contributed by atoms with Gasteiger partial charge in [-0.2, -0.15) is 0 Å². The first kappa shape index (κ1) is 30.3. The lowest BCUT2D eigenvalue weighted by Crippen LogP contribution is -3.00. The summed E-state index contributed by atoms with van der Waals surface area (Å²) in [5, 5.41) is 8.63. The standard InChI is InChI=1S/C16H36N.C9H4O5.BrH/c1-5-9-13-17(14-10-6-2,15-11-7-3)16-12-8-4;10-7(11)4-1-2-5-6(3-4)9(13)14-8(5)12;/h5-16H2,1-4H3;1-3H,(H,10,11);1H/q+1;;/p-1. The number of carboxylic acid groups (broad SMARTS) is 1. The van der Waals surface area contributed by atoms with Crippen LogP contribution in [0.2, 0.25) is 0 Å². The predicted molar refractivity (Wildman–Crippen MR) is 123 cm³/mol. The summed E-state index contributed by atoms with van der Waals surface area (Å²) in [6, 6.07) is 3.65. The molecule has 0 unspecified atom stereocenters. The lowest BCUT2D eigenvalue weighted by Gasteiger charge is -2.39. The van der Waals surface area contributed by atoms with Crippen molar-refractivity contribution >= 4 is 17.9 Å². The molecule has 0 aliphatic carbocycles. The highest BCUT2D eigenvalue weighted by molar-refractivity contribution is 6.15. The van der Waals surface area contributed by atoms with Gasteiger partial charge in [-0.3, -0.25) is 0 Å². The molecule has 32 heavy (non-hydrogen) atoms. The second-order valence-corrected chi connectivity index (χ2v) is 8.39. The van der Waals surface area contributed by atoms with Gasteiger partial charge in [0.1, 0.15) is 0 Å². The summed E-state index contributed by atoms with van der Waals surface area (Å²) in [4.78, 5) is 32.5. The number of fused-ring (bicyclic) bond motifs is 1. The summed E-state index contributed by atoms with van der Waals surface area (Å²) in [5.74, 6) is -2.69. The number of unbranched alkanes of at least 4 members (excludes halogenated alkanes) is 4. The molecule has 0 spiro atoms. The Balaban J connectivity index is 0.000000589. The van der Waals surface area contributed by atoms with Crippen molar-refractivity contribution in [1.29, 1.82) is 0 Å². The number of ether oxygens (including phenoxy) is 1. The Morgan fingerprint density at radius 1 is 0.781 bits per heavy atom. The van der Waals surface area contributed by atoms with Crippen molar-refractivity contribution in [2.75, 3.05) is 26.2 Å². The van der Waals surface area contributed by atoms with Gasteiger partial charge in [0, 0.05) is 0 Å². The fourth-order valence-corrected chi connectivity index (χ4v) is 3.86. The number of carboxylic acids is 1. The highest BCUT2D eigenvalue weighted by Crippen LogP contribution is 2.21. The van der Waals surface area contributed by atoms with Gasteiger partial charge in [-0.05, 0) is 43.9 Å². The molecule has 1 aliphatic heterocycles. The molecule has 0 bridgehead atoms. The molecule has 0 aromatic heterocycles. The van der Waals surface area contributed by atoms with Gasteiger partial charge in [0.05, 0.1) is 42.9 Å². The first-order valence-corrected chi connectivity index (χ1v) is 11.8. The summed E-state index contributed by atoms with van der Waals surface area (Å²) >= 11 is 0. The van der Waals surface area contributed by atoms with Crippen molar-refractivity contribution in [3.05, 3.63) is 34.9 Å². The van der Waals surface area contributed by atoms with Crippen molar-refractivity contribution in [3.63, 3.8) is 0 Å². The van der Waals surface area contributed by atoms with Gasteiger partial charge in [0.2, 0.25) is 0 Å². The molecule has 0 radical (unpaired) electrons. The van der Waals surface area contributed by atoms with Crippen molar-refractivity contribution in [2.24, 2.45) is 0 Å². The topological polar surface area (TPSA) is 80.7 Å². The first-order valence-electron chi connectivity index (χ1n) is 11.8. The summed E-state index contributed by atoms with van der Waals surface area (Å²) in [6.07, 6.45) is 11.1. The zero-order chi connectivity index (χ0) is 23.3. The Labute approximate surface area is 203 Å². The molecule has 182 valence electrons. The molecule has 1 aromatic rings. The lowest BCUT2D eigenvalue weighted by molar-refractivity contribution is -0.929. The lowest BCUT2D eigenvalue weighted by atomic mass is 10.1. The van der Waals surface area contributed by atoms with Gasteiger partial charge >= 0.3 is 17.9 Å². The minimum Gasteiger partial charge on any atom is -1.00 e. The maximum atomic E-state index is 11.0. The van der Waals surface area contributed by atoms with Crippen LogP contribution >= 0.6 is 0 Å². The minimum atomic E-state index is -1.15.